The molecule has 1 spiro atoms. The van der Waals surface area contributed by atoms with Crippen LogP contribution in [0.4, 0.5) is 10.5 Å². The number of likely N-dealkylation sites (tertiary alicyclic amines) is 1. The van der Waals surface area contributed by atoms with Crippen molar-refractivity contribution in [3.63, 3.8) is 0 Å². The third kappa shape index (κ3) is 15.1. The van der Waals surface area contributed by atoms with Crippen molar-refractivity contribution >= 4 is 35.4 Å². The van der Waals surface area contributed by atoms with Crippen LogP contribution in [0.1, 0.15) is 247 Å². The van der Waals surface area contributed by atoms with Crippen LogP contribution in [-0.4, -0.2) is 69.8 Å². The fraction of sp³-hybridized carbons (Fsp3) is 0.792. The predicted molar refractivity (Wildman–Crippen MR) is 254 cm³/mol. The highest BCUT2D eigenvalue weighted by molar-refractivity contribution is 6.25. The Balaban J connectivity index is 1.24. The Bertz CT molecular complexity index is 1620. The summed E-state index contributed by atoms with van der Waals surface area (Å²) in [5, 5.41) is 16.2. The molecule has 0 aromatic heterocycles. The number of rotatable bonds is 5. The van der Waals surface area contributed by atoms with E-state index in [2.05, 4.69) is 31.4 Å². The molecule has 4 unspecified atom stereocenters. The van der Waals surface area contributed by atoms with Gasteiger partial charge in [0.05, 0.1) is 11.1 Å². The SMILES string of the molecule is CC(C)(C)C1N(C(=O)O)CC12CCCCCCCCCCCCCCCCCCCCCCCCCCCCC(CCNc1cccc3c1C(=O)N(C1CCC(=O)NC1=O)C3=O)C2. The van der Waals surface area contributed by atoms with Crippen molar-refractivity contribution in [3.8, 4) is 0 Å². The summed E-state index contributed by atoms with van der Waals surface area (Å²) >= 11 is 0. The fourth-order valence-corrected chi connectivity index (χ4v) is 11.9. The quantitative estimate of drug-likeness (QED) is 0.251. The lowest BCUT2D eigenvalue weighted by Gasteiger charge is -2.62. The monoisotopic (exact) mass is 875 g/mol. The zero-order chi connectivity index (χ0) is 45.1. The molecule has 1 saturated carbocycles. The largest absolute Gasteiger partial charge is 0.465 e. The predicted octanol–water partition coefficient (Wildman–Crippen LogP) is 13.2. The van der Waals surface area contributed by atoms with E-state index < -0.39 is 35.8 Å². The van der Waals surface area contributed by atoms with Gasteiger partial charge in [-0.25, -0.2) is 4.79 Å². The molecule has 1 aromatic carbocycles. The molecule has 63 heavy (non-hydrogen) atoms. The van der Waals surface area contributed by atoms with Crippen molar-refractivity contribution in [1.82, 2.24) is 15.1 Å². The van der Waals surface area contributed by atoms with Crippen LogP contribution < -0.4 is 10.6 Å². The van der Waals surface area contributed by atoms with Gasteiger partial charge in [-0.15, -0.1) is 0 Å². The molecule has 4 aliphatic rings. The number of nitrogens with one attached hydrogen (secondary N) is 2. The van der Waals surface area contributed by atoms with E-state index in [1.54, 1.807) is 17.0 Å². The maximum atomic E-state index is 13.8. The molecule has 1 aliphatic carbocycles. The zero-order valence-corrected chi connectivity index (χ0v) is 39.9. The van der Waals surface area contributed by atoms with E-state index in [1.165, 1.54) is 154 Å². The molecule has 10 nitrogen and oxygen atoms in total. The topological polar surface area (TPSA) is 136 Å². The molecule has 3 heterocycles. The Morgan fingerprint density at radius 3 is 1.67 bits per heavy atom. The van der Waals surface area contributed by atoms with Crippen molar-refractivity contribution < 1.29 is 29.1 Å². The summed E-state index contributed by atoms with van der Waals surface area (Å²) in [7, 11) is 0. The average molecular weight is 875 g/mol. The molecule has 3 fully saturated rings. The molecule has 1 aromatic rings. The molecule has 5 amide bonds. The van der Waals surface area contributed by atoms with E-state index in [0.717, 1.165) is 43.4 Å². The van der Waals surface area contributed by atoms with Gasteiger partial charge in [0.2, 0.25) is 11.8 Å². The van der Waals surface area contributed by atoms with E-state index in [9.17, 15) is 29.1 Å². The normalized spacial score (nSPS) is 27.2. The Morgan fingerprint density at radius 2 is 1.19 bits per heavy atom. The number of piperidine rings is 1. The summed E-state index contributed by atoms with van der Waals surface area (Å²) in [6.07, 6.45) is 38.0. The first-order valence-corrected chi connectivity index (χ1v) is 26.0. The standard InChI is InChI=1S/C53H86N4O6/c1-52(2,3)50-53(40-56(50)51(62)63)37-29-27-25-23-21-19-17-15-13-11-9-7-5-4-6-8-10-12-14-16-18-20-22-24-26-28-31-41(39-53)36-38-54-43-33-30-32-42-46(43)49(61)57(48(42)60)44-34-35-45(58)55-47(44)59/h30,32-33,41,44,50,54H,4-29,31,34-40H2,1-3H3,(H,62,63)(H,55,58,59). The number of hydrogen-bond acceptors (Lipinski definition) is 6. The second-order valence-electron chi connectivity index (χ2n) is 21.2. The summed E-state index contributed by atoms with van der Waals surface area (Å²) in [4.78, 5) is 67.3. The van der Waals surface area contributed by atoms with E-state index in [0.29, 0.717) is 30.3 Å². The minimum Gasteiger partial charge on any atom is -0.465 e. The van der Waals surface area contributed by atoms with Crippen molar-refractivity contribution in [2.45, 2.75) is 238 Å². The van der Waals surface area contributed by atoms with Gasteiger partial charge in [-0.2, -0.15) is 0 Å². The lowest BCUT2D eigenvalue weighted by Crippen LogP contribution is -2.70. The number of imide groups is 2. The molecule has 3 N–H and O–H groups in total. The molecular formula is C53H86N4O6. The molecule has 0 bridgehead atoms. The smallest absolute Gasteiger partial charge is 0.407 e. The number of carboxylic acid groups (broad SMARTS) is 1. The highest BCUT2D eigenvalue weighted by atomic mass is 16.4. The van der Waals surface area contributed by atoms with Crippen LogP contribution in [0.25, 0.3) is 0 Å². The number of nitrogens with zero attached hydrogens (tertiary/aromatic N) is 2. The van der Waals surface area contributed by atoms with Crippen LogP contribution in [0.5, 0.6) is 0 Å². The molecule has 10 heteroatoms. The summed E-state index contributed by atoms with van der Waals surface area (Å²) in [5.74, 6) is -1.63. The molecule has 5 rings (SSSR count). The average Bonchev–Trinajstić information content (AvgIpc) is 3.48. The van der Waals surface area contributed by atoms with E-state index >= 15 is 0 Å². The van der Waals surface area contributed by atoms with Gasteiger partial charge in [0.15, 0.2) is 0 Å². The van der Waals surface area contributed by atoms with Gasteiger partial charge in [-0.05, 0) is 49.1 Å². The summed E-state index contributed by atoms with van der Waals surface area (Å²) < 4.78 is 0. The Kier molecular flexibility index (Phi) is 20.8. The number of amides is 5. The lowest BCUT2D eigenvalue weighted by atomic mass is 9.56. The van der Waals surface area contributed by atoms with Crippen LogP contribution in [-0.2, 0) is 9.59 Å². The second kappa shape index (κ2) is 25.9. The van der Waals surface area contributed by atoms with Crippen molar-refractivity contribution in [3.05, 3.63) is 29.3 Å². The molecule has 3 aliphatic heterocycles. The summed E-state index contributed by atoms with van der Waals surface area (Å²) in [6.45, 7) is 7.83. The number of carbonyl (C=O) groups is 5. The molecular weight excluding hydrogens is 789 g/mol. The molecule has 4 atom stereocenters. The molecule has 0 radical (unpaired) electrons. The highest BCUT2D eigenvalue weighted by Crippen LogP contribution is 2.54. The number of benzene rings is 1. The maximum Gasteiger partial charge on any atom is 0.407 e. The Morgan fingerprint density at radius 1 is 0.698 bits per heavy atom. The van der Waals surface area contributed by atoms with Crippen molar-refractivity contribution in [1.29, 1.82) is 0 Å². The fourth-order valence-electron chi connectivity index (χ4n) is 11.9. The number of hydrogen-bond donors (Lipinski definition) is 3. The minimum absolute atomic E-state index is 0.0457. The maximum absolute atomic E-state index is 13.8. The first-order valence-electron chi connectivity index (χ1n) is 26.0. The second-order valence-corrected chi connectivity index (χ2v) is 21.2. The van der Waals surface area contributed by atoms with Crippen LogP contribution in [0, 0.1) is 16.7 Å². The minimum atomic E-state index is -1.00. The lowest BCUT2D eigenvalue weighted by molar-refractivity contribution is -0.136. The van der Waals surface area contributed by atoms with Crippen LogP contribution in [0.15, 0.2) is 18.2 Å². The van der Waals surface area contributed by atoms with E-state index in [4.69, 9.17) is 0 Å². The van der Waals surface area contributed by atoms with E-state index in [1.807, 2.05) is 6.07 Å². The Labute approximate surface area is 381 Å². The number of fused-ring (bicyclic) bond motifs is 1. The first-order chi connectivity index (χ1) is 30.4. The Hall–Kier alpha value is -3.43. The van der Waals surface area contributed by atoms with Gasteiger partial charge in [0, 0.05) is 36.7 Å². The van der Waals surface area contributed by atoms with Gasteiger partial charge < -0.3 is 15.3 Å². The summed E-state index contributed by atoms with van der Waals surface area (Å²) in [5.41, 5.74) is 0.885. The van der Waals surface area contributed by atoms with Gasteiger partial charge >= 0.3 is 6.09 Å². The van der Waals surface area contributed by atoms with Gasteiger partial charge in [0.25, 0.3) is 11.8 Å². The van der Waals surface area contributed by atoms with E-state index in [-0.39, 0.29) is 35.3 Å². The van der Waals surface area contributed by atoms with Gasteiger partial charge in [-0.3, -0.25) is 29.4 Å². The number of anilines is 1. The van der Waals surface area contributed by atoms with Crippen LogP contribution in [0.2, 0.25) is 0 Å². The van der Waals surface area contributed by atoms with Gasteiger partial charge in [-0.1, -0.05) is 200 Å². The van der Waals surface area contributed by atoms with Gasteiger partial charge in [0.1, 0.15) is 6.04 Å². The van der Waals surface area contributed by atoms with Crippen molar-refractivity contribution in [2.24, 2.45) is 16.7 Å². The van der Waals surface area contributed by atoms with Crippen LogP contribution >= 0.6 is 0 Å². The number of carbonyl (C=O) groups excluding carboxylic acids is 4. The molecule has 354 valence electrons. The summed E-state index contributed by atoms with van der Waals surface area (Å²) in [6, 6.07) is 4.20. The molecule has 2 saturated heterocycles. The third-order valence-electron chi connectivity index (χ3n) is 15.0. The zero-order valence-electron chi connectivity index (χ0n) is 39.9. The van der Waals surface area contributed by atoms with Crippen LogP contribution in [0.3, 0.4) is 0 Å². The highest BCUT2D eigenvalue weighted by Gasteiger charge is 2.58. The first kappa shape index (κ1) is 50.6. The van der Waals surface area contributed by atoms with Crippen molar-refractivity contribution in [2.75, 3.05) is 18.4 Å². The third-order valence-corrected chi connectivity index (χ3v) is 15.0.